The van der Waals surface area contributed by atoms with E-state index >= 15 is 0 Å². The Morgan fingerprint density at radius 3 is 1.96 bits per heavy atom. The molecular weight excluding hydrogens is 703 g/mol. The summed E-state index contributed by atoms with van der Waals surface area (Å²) in [6, 6.07) is -2.78. The number of nitrogens with zero attached hydrogens (tertiary/aromatic N) is 1. The van der Waals surface area contributed by atoms with Crippen LogP contribution in [0.4, 0.5) is 18.8 Å². The summed E-state index contributed by atoms with van der Waals surface area (Å²) >= 11 is 0. The number of hydrogen-bond acceptors (Lipinski definition) is 14. The van der Waals surface area contributed by atoms with Gasteiger partial charge in [0.1, 0.15) is 47.9 Å². The number of amides is 3. The molecule has 3 rings (SSSR count). The van der Waals surface area contributed by atoms with E-state index in [0.717, 1.165) is 0 Å². The van der Waals surface area contributed by atoms with E-state index in [1.165, 1.54) is 18.2 Å². The van der Waals surface area contributed by atoms with Crippen molar-refractivity contribution in [1.82, 2.24) is 15.5 Å². The lowest BCUT2D eigenvalue weighted by Gasteiger charge is -2.48. The van der Waals surface area contributed by atoms with E-state index in [1.54, 1.807) is 62.3 Å². The maximum atomic E-state index is 13.6. The molecule has 0 unspecified atom stereocenters. The lowest BCUT2D eigenvalue weighted by molar-refractivity contribution is -0.293. The molecule has 307 valence electrons. The molecule has 0 aromatic carbocycles. The van der Waals surface area contributed by atoms with Crippen LogP contribution in [0.3, 0.4) is 0 Å². The van der Waals surface area contributed by atoms with Gasteiger partial charge in [-0.1, -0.05) is 0 Å². The molecule has 7 N–H and O–H groups in total. The maximum absolute atomic E-state index is 13.6. The highest BCUT2D eigenvalue weighted by Crippen LogP contribution is 2.33. The fraction of sp³-hybridized carbons (Fsp3) is 0.886. The number of alkyl halides is 1. The standard InChI is InChI=1S/C35H62FN4O13/c1-32(2,3)51-29(43)38-21-12-11-19(17-40(14-13-36)31(45)53-34(7,8)9)48-27(21)50-26-22(39-30(44)52-33(4,5)6)15-20(37)25(24(26)42)49-28-23(41)16-35(10,46)18-47-28/h16,19-28,41-42,46H,11-15,17-18,37H2,1-10H3,(H,38,43)(H,39,44)/t19-,20+,21+,22-,23+,24+,25-,26+,27+,28+,35+/m0/s1. The second kappa shape index (κ2) is 17.9. The van der Waals surface area contributed by atoms with E-state index in [9.17, 15) is 34.1 Å². The monoisotopic (exact) mass is 765 g/mol. The van der Waals surface area contributed by atoms with Crippen molar-refractivity contribution < 1.29 is 67.3 Å². The van der Waals surface area contributed by atoms with E-state index in [0.29, 0.717) is 6.42 Å². The largest absolute Gasteiger partial charge is 0.444 e. The number of rotatable bonds is 10. The van der Waals surface area contributed by atoms with Gasteiger partial charge in [0.2, 0.25) is 0 Å². The van der Waals surface area contributed by atoms with E-state index < -0.39 is 109 Å². The Kier molecular flexibility index (Phi) is 15.1. The first kappa shape index (κ1) is 44.8. The number of alkyl carbamates (subject to hydrolysis) is 2. The number of ether oxygens (including phenoxy) is 7. The number of carbonyl (C=O) groups excluding carboxylic acids is 3. The highest BCUT2D eigenvalue weighted by Gasteiger charge is 2.50. The second-order valence-electron chi connectivity index (χ2n) is 17.1. The lowest BCUT2D eigenvalue weighted by Crippen LogP contribution is -2.67. The first-order chi connectivity index (χ1) is 24.3. The molecule has 53 heavy (non-hydrogen) atoms. The average molecular weight is 766 g/mol. The van der Waals surface area contributed by atoms with Crippen LogP contribution in [0.2, 0.25) is 0 Å². The minimum atomic E-state index is -1.59. The molecule has 11 atom stereocenters. The highest BCUT2D eigenvalue weighted by atomic mass is 19.1. The van der Waals surface area contributed by atoms with Gasteiger partial charge in [-0.15, -0.1) is 0 Å². The second-order valence-corrected chi connectivity index (χ2v) is 17.1. The molecule has 3 aliphatic rings. The smallest absolute Gasteiger partial charge is 0.410 e. The summed E-state index contributed by atoms with van der Waals surface area (Å²) in [5.74, 6) is 0. The number of nitrogens with one attached hydrogen (secondary N) is 2. The summed E-state index contributed by atoms with van der Waals surface area (Å²) in [5, 5.41) is 38.3. The Bertz CT molecular complexity index is 1220. The zero-order chi connectivity index (χ0) is 40.1. The molecule has 1 saturated carbocycles. The number of hydrogen-bond donors (Lipinski definition) is 6. The molecule has 0 bridgehead atoms. The summed E-state index contributed by atoms with van der Waals surface area (Å²) < 4.78 is 54.3. The Balaban J connectivity index is 1.93. The molecule has 18 heteroatoms. The third kappa shape index (κ3) is 14.5. The van der Waals surface area contributed by atoms with Gasteiger partial charge in [0.05, 0.1) is 43.5 Å². The molecule has 0 aromatic rings. The van der Waals surface area contributed by atoms with Crippen LogP contribution in [0.15, 0.2) is 0 Å². The number of carbonyl (C=O) groups is 3. The number of aliphatic hydroxyl groups excluding tert-OH is 2. The molecule has 1 aliphatic carbocycles. The maximum Gasteiger partial charge on any atom is 0.410 e. The summed E-state index contributed by atoms with van der Waals surface area (Å²) in [6.45, 7) is 15.3. The molecule has 0 aromatic heterocycles. The van der Waals surface area contributed by atoms with Crippen molar-refractivity contribution in [2.45, 2.75) is 172 Å². The highest BCUT2D eigenvalue weighted by molar-refractivity contribution is 5.69. The van der Waals surface area contributed by atoms with Crippen LogP contribution in [0.25, 0.3) is 0 Å². The van der Waals surface area contributed by atoms with Gasteiger partial charge in [-0.05, 0) is 88.5 Å². The molecule has 2 aliphatic heterocycles. The Labute approximate surface area is 311 Å². The van der Waals surface area contributed by atoms with Crippen LogP contribution >= 0.6 is 0 Å². The van der Waals surface area contributed by atoms with Crippen LogP contribution in [0, 0.1) is 6.42 Å². The van der Waals surface area contributed by atoms with Crippen molar-refractivity contribution in [3.63, 3.8) is 0 Å². The fourth-order valence-corrected chi connectivity index (χ4v) is 6.12. The SMILES string of the molecule is CC(C)(C)OC(=O)N[C@H]1C[C@@H](N)[C@H](O[C@H]2OC[C@](C)(O)[CH][C@H]2O)[C@@H](O)[C@@H]1O[C@H]1O[C@H](CN(CCF)C(=O)OC(C)(C)C)CC[C@H]1NC(=O)OC(C)(C)C. The van der Waals surface area contributed by atoms with Crippen LogP contribution in [0.1, 0.15) is 88.5 Å². The normalized spacial score (nSPS) is 34.1. The van der Waals surface area contributed by atoms with Crippen molar-refractivity contribution in [3.05, 3.63) is 6.42 Å². The topological polar surface area (TPSA) is 230 Å². The van der Waals surface area contributed by atoms with Crippen molar-refractivity contribution >= 4 is 18.3 Å². The van der Waals surface area contributed by atoms with Gasteiger partial charge in [0.15, 0.2) is 12.6 Å². The number of nitrogens with two attached hydrogens (primary N) is 1. The molecule has 2 saturated heterocycles. The fourth-order valence-electron chi connectivity index (χ4n) is 6.12. The minimum Gasteiger partial charge on any atom is -0.444 e. The van der Waals surface area contributed by atoms with Gasteiger partial charge in [-0.25, -0.2) is 18.8 Å². The molecular formula is C35H62FN4O13. The summed E-state index contributed by atoms with van der Waals surface area (Å²) in [6.07, 6.45) is -9.42. The third-order valence-corrected chi connectivity index (χ3v) is 8.24. The lowest BCUT2D eigenvalue weighted by atomic mass is 9.83. The van der Waals surface area contributed by atoms with Crippen LogP contribution in [-0.2, 0) is 33.2 Å². The van der Waals surface area contributed by atoms with E-state index in [2.05, 4.69) is 10.6 Å². The predicted molar refractivity (Wildman–Crippen MR) is 187 cm³/mol. The zero-order valence-electron chi connectivity index (χ0n) is 32.6. The van der Waals surface area contributed by atoms with Gasteiger partial charge in [-0.2, -0.15) is 0 Å². The van der Waals surface area contributed by atoms with Gasteiger partial charge in [0, 0.05) is 12.5 Å². The minimum absolute atomic E-state index is 0.0148. The van der Waals surface area contributed by atoms with Gasteiger partial charge in [-0.3, -0.25) is 0 Å². The van der Waals surface area contributed by atoms with Gasteiger partial charge < -0.3 is 69.7 Å². The van der Waals surface area contributed by atoms with E-state index in [-0.39, 0.29) is 32.5 Å². The zero-order valence-corrected chi connectivity index (χ0v) is 32.6. The third-order valence-electron chi connectivity index (χ3n) is 8.24. The Hall–Kier alpha value is -2.58. The Morgan fingerprint density at radius 2 is 1.43 bits per heavy atom. The molecule has 17 nitrogen and oxygen atoms in total. The molecule has 3 amide bonds. The van der Waals surface area contributed by atoms with Crippen molar-refractivity contribution in [2.24, 2.45) is 5.73 Å². The molecule has 2 heterocycles. The number of aliphatic hydroxyl groups is 3. The Morgan fingerprint density at radius 1 is 0.887 bits per heavy atom. The summed E-state index contributed by atoms with van der Waals surface area (Å²) in [4.78, 5) is 40.1. The molecule has 1 radical (unpaired) electrons. The molecule has 3 fully saturated rings. The predicted octanol–water partition coefficient (Wildman–Crippen LogP) is 2.02. The van der Waals surface area contributed by atoms with Crippen molar-refractivity contribution in [3.8, 4) is 0 Å². The molecule has 0 spiro atoms. The van der Waals surface area contributed by atoms with Crippen LogP contribution in [-0.4, -0.2) is 148 Å². The van der Waals surface area contributed by atoms with Crippen LogP contribution in [0.5, 0.6) is 0 Å². The first-order valence-electron chi connectivity index (χ1n) is 18.1. The van der Waals surface area contributed by atoms with Crippen molar-refractivity contribution in [2.75, 3.05) is 26.4 Å². The summed E-state index contributed by atoms with van der Waals surface area (Å²) in [7, 11) is 0. The summed E-state index contributed by atoms with van der Waals surface area (Å²) in [5.41, 5.74) is 2.53. The number of halogens is 1. The van der Waals surface area contributed by atoms with Gasteiger partial charge >= 0.3 is 18.3 Å². The van der Waals surface area contributed by atoms with Crippen molar-refractivity contribution in [1.29, 1.82) is 0 Å². The quantitative estimate of drug-likeness (QED) is 0.175. The van der Waals surface area contributed by atoms with E-state index in [4.69, 9.17) is 38.9 Å². The average Bonchev–Trinajstić information content (AvgIpc) is 2.96. The van der Waals surface area contributed by atoms with Gasteiger partial charge in [0.25, 0.3) is 0 Å². The van der Waals surface area contributed by atoms with Crippen LogP contribution < -0.4 is 16.4 Å². The first-order valence-corrected chi connectivity index (χ1v) is 18.1. The van der Waals surface area contributed by atoms with E-state index in [1.807, 2.05) is 0 Å².